The summed E-state index contributed by atoms with van der Waals surface area (Å²) in [4.78, 5) is 14.5. The Labute approximate surface area is 102 Å². The molecule has 4 rings (SSSR count). The number of nitrogens with zero attached hydrogens (tertiary/aromatic N) is 1. The first-order valence-electron chi connectivity index (χ1n) is 6.32. The number of rotatable bonds is 2. The zero-order chi connectivity index (χ0) is 11.7. The van der Waals surface area contributed by atoms with Gasteiger partial charge in [0.15, 0.2) is 0 Å². The van der Waals surface area contributed by atoms with Gasteiger partial charge in [-0.05, 0) is 50.0 Å². The lowest BCUT2D eigenvalue weighted by atomic mass is 9.84. The fraction of sp³-hybridized carbons (Fsp3) is 0.500. The number of carbonyl (C=O) groups excluding carboxylic acids is 1. The molecule has 3 aliphatic rings. The average molecular weight is 229 g/mol. The quantitative estimate of drug-likeness (QED) is 0.829. The van der Waals surface area contributed by atoms with Gasteiger partial charge in [-0.3, -0.25) is 4.79 Å². The third-order valence-corrected chi connectivity index (χ3v) is 3.95. The Balaban J connectivity index is 1.66. The van der Waals surface area contributed by atoms with Gasteiger partial charge in [0.2, 0.25) is 0 Å². The Kier molecular flexibility index (Phi) is 2.85. The monoisotopic (exact) mass is 229 g/mol. The van der Waals surface area contributed by atoms with Gasteiger partial charge in [0.05, 0.1) is 0 Å². The SMILES string of the molecule is O=C(NC1CN2CCC1CC2)c1cc[c]cc1. The van der Waals surface area contributed by atoms with Gasteiger partial charge in [-0.2, -0.15) is 0 Å². The van der Waals surface area contributed by atoms with E-state index in [1.165, 1.54) is 25.9 Å². The maximum atomic E-state index is 12.0. The molecule has 1 unspecified atom stereocenters. The van der Waals surface area contributed by atoms with E-state index < -0.39 is 0 Å². The van der Waals surface area contributed by atoms with E-state index >= 15 is 0 Å². The Morgan fingerprint density at radius 3 is 2.59 bits per heavy atom. The first kappa shape index (κ1) is 10.8. The van der Waals surface area contributed by atoms with Crippen LogP contribution in [0.2, 0.25) is 0 Å². The molecule has 3 heterocycles. The topological polar surface area (TPSA) is 32.3 Å². The van der Waals surface area contributed by atoms with E-state index in [0.29, 0.717) is 12.0 Å². The molecule has 1 aromatic rings. The second-order valence-electron chi connectivity index (χ2n) is 5.01. The lowest BCUT2D eigenvalue weighted by molar-refractivity contribution is 0.0620. The fourth-order valence-electron chi connectivity index (χ4n) is 2.92. The van der Waals surface area contributed by atoms with Crippen molar-refractivity contribution in [3.05, 3.63) is 35.9 Å². The number of fused-ring (bicyclic) bond motifs is 3. The summed E-state index contributed by atoms with van der Waals surface area (Å²) in [5.74, 6) is 0.733. The van der Waals surface area contributed by atoms with Crippen molar-refractivity contribution in [1.82, 2.24) is 10.2 Å². The molecule has 89 valence electrons. The number of benzene rings is 1. The van der Waals surface area contributed by atoms with Crippen LogP contribution in [0.15, 0.2) is 24.3 Å². The van der Waals surface area contributed by atoms with Crippen LogP contribution in [0.1, 0.15) is 23.2 Å². The van der Waals surface area contributed by atoms with Gasteiger partial charge >= 0.3 is 0 Å². The van der Waals surface area contributed by atoms with Gasteiger partial charge in [-0.15, -0.1) is 0 Å². The lowest BCUT2D eigenvalue weighted by Gasteiger charge is -2.44. The maximum Gasteiger partial charge on any atom is 0.251 e. The highest BCUT2D eigenvalue weighted by molar-refractivity contribution is 5.94. The molecule has 3 nitrogen and oxygen atoms in total. The molecule has 1 amide bonds. The zero-order valence-corrected chi connectivity index (χ0v) is 9.86. The number of amides is 1. The molecule has 0 aliphatic carbocycles. The third-order valence-electron chi connectivity index (χ3n) is 3.95. The van der Waals surface area contributed by atoms with E-state index in [2.05, 4.69) is 16.3 Å². The Morgan fingerprint density at radius 2 is 2.00 bits per heavy atom. The predicted molar refractivity (Wildman–Crippen MR) is 65.7 cm³/mol. The first-order chi connectivity index (χ1) is 8.33. The van der Waals surface area contributed by atoms with Gasteiger partial charge in [0.1, 0.15) is 0 Å². The second-order valence-corrected chi connectivity index (χ2v) is 5.01. The molecule has 1 atom stereocenters. The number of piperidine rings is 3. The van der Waals surface area contributed by atoms with Crippen molar-refractivity contribution in [1.29, 1.82) is 0 Å². The summed E-state index contributed by atoms with van der Waals surface area (Å²) < 4.78 is 0. The molecule has 0 aromatic heterocycles. The van der Waals surface area contributed by atoms with E-state index in [1.807, 2.05) is 12.1 Å². The summed E-state index contributed by atoms with van der Waals surface area (Å²) in [5.41, 5.74) is 0.736. The van der Waals surface area contributed by atoms with Crippen LogP contribution >= 0.6 is 0 Å². The van der Waals surface area contributed by atoms with E-state index in [4.69, 9.17) is 0 Å². The molecule has 2 bridgehead atoms. The van der Waals surface area contributed by atoms with Crippen molar-refractivity contribution < 1.29 is 4.79 Å². The van der Waals surface area contributed by atoms with Crippen LogP contribution in [0, 0.1) is 12.0 Å². The van der Waals surface area contributed by atoms with Crippen LogP contribution in [0.25, 0.3) is 0 Å². The van der Waals surface area contributed by atoms with Crippen molar-refractivity contribution in [3.63, 3.8) is 0 Å². The average Bonchev–Trinajstić information content (AvgIpc) is 2.41. The summed E-state index contributed by atoms with van der Waals surface area (Å²) in [7, 11) is 0. The Hall–Kier alpha value is -1.35. The molecular weight excluding hydrogens is 212 g/mol. The molecule has 3 heteroatoms. The minimum Gasteiger partial charge on any atom is -0.348 e. The van der Waals surface area contributed by atoms with Gasteiger partial charge in [0.25, 0.3) is 5.91 Å². The third kappa shape index (κ3) is 2.20. The molecule has 17 heavy (non-hydrogen) atoms. The van der Waals surface area contributed by atoms with E-state index in [1.54, 1.807) is 12.1 Å². The molecule has 1 radical (unpaired) electrons. The largest absolute Gasteiger partial charge is 0.348 e. The van der Waals surface area contributed by atoms with Gasteiger partial charge in [-0.25, -0.2) is 0 Å². The smallest absolute Gasteiger partial charge is 0.251 e. The zero-order valence-electron chi connectivity index (χ0n) is 9.86. The van der Waals surface area contributed by atoms with Crippen LogP contribution < -0.4 is 5.32 Å². The van der Waals surface area contributed by atoms with Crippen LogP contribution in [0.3, 0.4) is 0 Å². The van der Waals surface area contributed by atoms with Gasteiger partial charge in [-0.1, -0.05) is 12.1 Å². The Bertz CT molecular complexity index is 396. The molecular formula is C14H17N2O. The normalized spacial score (nSPS) is 31.2. The molecule has 0 saturated carbocycles. The summed E-state index contributed by atoms with van der Waals surface area (Å²) in [6.07, 6.45) is 2.46. The summed E-state index contributed by atoms with van der Waals surface area (Å²) in [5, 5.41) is 3.17. The minimum atomic E-state index is 0.0535. The molecule has 3 saturated heterocycles. The van der Waals surface area contributed by atoms with Gasteiger partial charge < -0.3 is 10.2 Å². The fourth-order valence-corrected chi connectivity index (χ4v) is 2.92. The molecule has 3 aliphatic heterocycles. The van der Waals surface area contributed by atoms with Crippen molar-refractivity contribution in [2.75, 3.05) is 19.6 Å². The number of hydrogen-bond acceptors (Lipinski definition) is 2. The lowest BCUT2D eigenvalue weighted by Crippen LogP contribution is -2.57. The molecule has 1 N–H and O–H groups in total. The highest BCUT2D eigenvalue weighted by atomic mass is 16.1. The highest BCUT2D eigenvalue weighted by Crippen LogP contribution is 2.27. The summed E-state index contributed by atoms with van der Waals surface area (Å²) >= 11 is 0. The molecule has 1 aromatic carbocycles. The molecule has 0 spiro atoms. The van der Waals surface area contributed by atoms with Crippen molar-refractivity contribution in [3.8, 4) is 0 Å². The van der Waals surface area contributed by atoms with Crippen LogP contribution in [-0.4, -0.2) is 36.5 Å². The number of hydrogen-bond donors (Lipinski definition) is 1. The highest BCUT2D eigenvalue weighted by Gasteiger charge is 2.34. The summed E-state index contributed by atoms with van der Waals surface area (Å²) in [6.45, 7) is 3.43. The van der Waals surface area contributed by atoms with Crippen LogP contribution in [0.4, 0.5) is 0 Å². The molecule has 3 fully saturated rings. The Morgan fingerprint density at radius 1 is 1.29 bits per heavy atom. The van der Waals surface area contributed by atoms with Crippen molar-refractivity contribution >= 4 is 5.91 Å². The van der Waals surface area contributed by atoms with Crippen LogP contribution in [-0.2, 0) is 0 Å². The summed E-state index contributed by atoms with van der Waals surface area (Å²) in [6, 6.07) is 10.5. The van der Waals surface area contributed by atoms with Crippen LogP contribution in [0.5, 0.6) is 0 Å². The number of nitrogens with one attached hydrogen (secondary N) is 1. The van der Waals surface area contributed by atoms with E-state index in [9.17, 15) is 4.79 Å². The van der Waals surface area contributed by atoms with Crippen molar-refractivity contribution in [2.24, 2.45) is 5.92 Å². The van der Waals surface area contributed by atoms with E-state index in [0.717, 1.165) is 12.1 Å². The standard InChI is InChI=1S/C14H17N2O/c17-14(12-4-2-1-3-5-12)15-13-10-16-8-6-11(13)7-9-16/h2-5,11,13H,6-10H2,(H,15,17). The van der Waals surface area contributed by atoms with Crippen molar-refractivity contribution in [2.45, 2.75) is 18.9 Å². The second kappa shape index (κ2) is 4.49. The predicted octanol–water partition coefficient (Wildman–Crippen LogP) is 1.31. The van der Waals surface area contributed by atoms with E-state index in [-0.39, 0.29) is 5.91 Å². The first-order valence-corrected chi connectivity index (χ1v) is 6.32. The van der Waals surface area contributed by atoms with Gasteiger partial charge in [0, 0.05) is 18.2 Å². The number of carbonyl (C=O) groups is 1. The maximum absolute atomic E-state index is 12.0. The minimum absolute atomic E-state index is 0.0535.